The third-order valence-corrected chi connectivity index (χ3v) is 3.87. The van der Waals surface area contributed by atoms with Crippen molar-refractivity contribution >= 4 is 5.91 Å². The molecule has 0 fully saturated rings. The zero-order valence-corrected chi connectivity index (χ0v) is 11.9. The fourth-order valence-electron chi connectivity index (χ4n) is 2.52. The summed E-state index contributed by atoms with van der Waals surface area (Å²) in [5, 5.41) is 2.99. The number of benzene rings is 1. The predicted molar refractivity (Wildman–Crippen MR) is 82.2 cm³/mol. The third-order valence-electron chi connectivity index (χ3n) is 3.87. The molecule has 2 rings (SSSR count). The molecule has 2 unspecified atom stereocenters. The molecule has 0 heterocycles. The smallest absolute Gasteiger partial charge is 0.236 e. The third kappa shape index (κ3) is 4.82. The monoisotopic (exact) mass is 272 g/mol. The number of carbonyl (C=O) groups excluding carboxylic acids is 1. The lowest BCUT2D eigenvalue weighted by Gasteiger charge is -2.19. The number of aryl methyl sites for hydroxylation is 1. The summed E-state index contributed by atoms with van der Waals surface area (Å²) >= 11 is 0. The van der Waals surface area contributed by atoms with Crippen molar-refractivity contribution in [1.29, 1.82) is 0 Å². The summed E-state index contributed by atoms with van der Waals surface area (Å²) in [5.74, 6) is 0.556. The first-order valence-electron chi connectivity index (χ1n) is 7.48. The van der Waals surface area contributed by atoms with Gasteiger partial charge < -0.3 is 11.1 Å². The van der Waals surface area contributed by atoms with Crippen molar-refractivity contribution in [3.63, 3.8) is 0 Å². The second kappa shape index (κ2) is 7.85. The fraction of sp³-hybridized carbons (Fsp3) is 0.471. The molecule has 108 valence electrons. The van der Waals surface area contributed by atoms with Crippen molar-refractivity contribution in [2.45, 2.75) is 38.1 Å². The molecule has 1 amide bonds. The summed E-state index contributed by atoms with van der Waals surface area (Å²) in [6, 6.07) is 9.75. The number of rotatable bonds is 6. The van der Waals surface area contributed by atoms with Crippen molar-refractivity contribution in [2.75, 3.05) is 6.54 Å². The molecule has 1 aliphatic carbocycles. The standard InChI is InChI=1S/C17H24N2O/c18-16(12-11-14-7-3-1-4-8-14)17(20)19-13-15-9-5-2-6-10-15/h1-5,7-8,15-16H,6,9-13,18H2,(H,19,20). The Morgan fingerprint density at radius 3 is 2.80 bits per heavy atom. The highest BCUT2D eigenvalue weighted by atomic mass is 16.2. The summed E-state index contributed by atoms with van der Waals surface area (Å²) in [5.41, 5.74) is 7.18. The number of nitrogens with two attached hydrogens (primary N) is 1. The Bertz CT molecular complexity index is 442. The van der Waals surface area contributed by atoms with Gasteiger partial charge in [-0.25, -0.2) is 0 Å². The van der Waals surface area contributed by atoms with Gasteiger partial charge in [0.25, 0.3) is 0 Å². The number of hydrogen-bond donors (Lipinski definition) is 2. The van der Waals surface area contributed by atoms with Crippen LogP contribution in [0.15, 0.2) is 42.5 Å². The van der Waals surface area contributed by atoms with Crippen LogP contribution in [-0.4, -0.2) is 18.5 Å². The maximum atomic E-state index is 12.0. The van der Waals surface area contributed by atoms with E-state index in [0.717, 1.165) is 32.2 Å². The van der Waals surface area contributed by atoms with Gasteiger partial charge in [-0.05, 0) is 43.6 Å². The van der Waals surface area contributed by atoms with Crippen molar-refractivity contribution in [3.05, 3.63) is 48.0 Å². The second-order valence-corrected chi connectivity index (χ2v) is 5.53. The lowest BCUT2D eigenvalue weighted by atomic mass is 9.94. The van der Waals surface area contributed by atoms with Gasteiger partial charge in [0.05, 0.1) is 6.04 Å². The van der Waals surface area contributed by atoms with E-state index in [1.54, 1.807) is 0 Å². The van der Waals surface area contributed by atoms with E-state index in [0.29, 0.717) is 12.3 Å². The van der Waals surface area contributed by atoms with Gasteiger partial charge in [0.2, 0.25) is 5.91 Å². The van der Waals surface area contributed by atoms with E-state index in [4.69, 9.17) is 5.73 Å². The SMILES string of the molecule is NC(CCc1ccccc1)C(=O)NCC1CC=CCC1. The largest absolute Gasteiger partial charge is 0.354 e. The molecular formula is C17H24N2O. The molecule has 0 spiro atoms. The molecule has 3 N–H and O–H groups in total. The van der Waals surface area contributed by atoms with E-state index in [9.17, 15) is 4.79 Å². The first-order chi connectivity index (χ1) is 9.75. The summed E-state index contributed by atoms with van der Waals surface area (Å²) in [6.45, 7) is 0.752. The average Bonchev–Trinajstić information content (AvgIpc) is 2.52. The highest BCUT2D eigenvalue weighted by molar-refractivity contribution is 5.81. The van der Waals surface area contributed by atoms with Crippen LogP contribution < -0.4 is 11.1 Å². The van der Waals surface area contributed by atoms with Gasteiger partial charge in [-0.3, -0.25) is 4.79 Å². The van der Waals surface area contributed by atoms with E-state index >= 15 is 0 Å². The van der Waals surface area contributed by atoms with Gasteiger partial charge in [0.15, 0.2) is 0 Å². The molecule has 0 aliphatic heterocycles. The van der Waals surface area contributed by atoms with Gasteiger partial charge in [-0.1, -0.05) is 42.5 Å². The van der Waals surface area contributed by atoms with Crippen molar-refractivity contribution in [3.8, 4) is 0 Å². The number of allylic oxidation sites excluding steroid dienone is 2. The summed E-state index contributed by atoms with van der Waals surface area (Å²) in [7, 11) is 0. The van der Waals surface area contributed by atoms with E-state index in [1.165, 1.54) is 5.56 Å². The molecule has 20 heavy (non-hydrogen) atoms. The molecule has 0 saturated carbocycles. The normalized spacial score (nSPS) is 19.6. The van der Waals surface area contributed by atoms with Crippen molar-refractivity contribution in [2.24, 2.45) is 11.7 Å². The molecule has 0 radical (unpaired) electrons. The molecule has 0 saturated heterocycles. The molecule has 1 aliphatic rings. The first kappa shape index (κ1) is 14.8. The minimum absolute atomic E-state index is 0.0181. The minimum Gasteiger partial charge on any atom is -0.354 e. The molecule has 0 aromatic heterocycles. The fourth-order valence-corrected chi connectivity index (χ4v) is 2.52. The molecule has 2 atom stereocenters. The molecule has 3 heteroatoms. The molecular weight excluding hydrogens is 248 g/mol. The van der Waals surface area contributed by atoms with E-state index in [-0.39, 0.29) is 5.91 Å². The van der Waals surface area contributed by atoms with E-state index in [1.807, 2.05) is 18.2 Å². The summed E-state index contributed by atoms with van der Waals surface area (Å²) < 4.78 is 0. The second-order valence-electron chi connectivity index (χ2n) is 5.53. The maximum Gasteiger partial charge on any atom is 0.236 e. The van der Waals surface area contributed by atoms with Gasteiger partial charge in [-0.2, -0.15) is 0 Å². The van der Waals surface area contributed by atoms with Crippen LogP contribution in [0.2, 0.25) is 0 Å². The van der Waals surface area contributed by atoms with Gasteiger partial charge in [0.1, 0.15) is 0 Å². The number of amides is 1. The Morgan fingerprint density at radius 2 is 2.10 bits per heavy atom. The Hall–Kier alpha value is -1.61. The summed E-state index contributed by atoms with van der Waals surface area (Å²) in [6.07, 6.45) is 9.32. The molecule has 1 aromatic carbocycles. The van der Waals surface area contributed by atoms with Crippen molar-refractivity contribution in [1.82, 2.24) is 5.32 Å². The number of nitrogens with one attached hydrogen (secondary N) is 1. The number of carbonyl (C=O) groups is 1. The maximum absolute atomic E-state index is 12.0. The Balaban J connectivity index is 1.67. The molecule has 3 nitrogen and oxygen atoms in total. The zero-order chi connectivity index (χ0) is 14.2. The highest BCUT2D eigenvalue weighted by Gasteiger charge is 2.16. The minimum atomic E-state index is -0.408. The Morgan fingerprint density at radius 1 is 1.30 bits per heavy atom. The van der Waals surface area contributed by atoms with Crippen LogP contribution in [0.3, 0.4) is 0 Å². The predicted octanol–water partition coefficient (Wildman–Crippen LogP) is 2.42. The lowest BCUT2D eigenvalue weighted by molar-refractivity contribution is -0.122. The van der Waals surface area contributed by atoms with Crippen LogP contribution >= 0.6 is 0 Å². The van der Waals surface area contributed by atoms with Crippen LogP contribution in [0.1, 0.15) is 31.2 Å². The lowest BCUT2D eigenvalue weighted by Crippen LogP contribution is -2.42. The topological polar surface area (TPSA) is 55.1 Å². The van der Waals surface area contributed by atoms with Crippen LogP contribution in [0, 0.1) is 5.92 Å². The highest BCUT2D eigenvalue weighted by Crippen LogP contribution is 2.16. The Labute approximate surface area is 121 Å². The first-order valence-corrected chi connectivity index (χ1v) is 7.48. The van der Waals surface area contributed by atoms with Crippen LogP contribution in [0.5, 0.6) is 0 Å². The van der Waals surface area contributed by atoms with Crippen LogP contribution in [0.25, 0.3) is 0 Å². The van der Waals surface area contributed by atoms with Crippen LogP contribution in [-0.2, 0) is 11.2 Å². The molecule has 0 bridgehead atoms. The van der Waals surface area contributed by atoms with Gasteiger partial charge in [-0.15, -0.1) is 0 Å². The quantitative estimate of drug-likeness (QED) is 0.781. The average molecular weight is 272 g/mol. The molecule has 1 aromatic rings. The van der Waals surface area contributed by atoms with E-state index in [2.05, 4.69) is 29.6 Å². The van der Waals surface area contributed by atoms with Crippen molar-refractivity contribution < 1.29 is 4.79 Å². The zero-order valence-electron chi connectivity index (χ0n) is 11.9. The van der Waals surface area contributed by atoms with Gasteiger partial charge >= 0.3 is 0 Å². The van der Waals surface area contributed by atoms with E-state index < -0.39 is 6.04 Å². The summed E-state index contributed by atoms with van der Waals surface area (Å²) in [4.78, 5) is 12.0. The van der Waals surface area contributed by atoms with Gasteiger partial charge in [0, 0.05) is 6.54 Å². The number of hydrogen-bond acceptors (Lipinski definition) is 2. The Kier molecular flexibility index (Phi) is 5.81. The van der Waals surface area contributed by atoms with Crippen LogP contribution in [0.4, 0.5) is 0 Å².